The van der Waals surface area contributed by atoms with Gasteiger partial charge >= 0.3 is 0 Å². The van der Waals surface area contributed by atoms with E-state index in [1.807, 2.05) is 37.4 Å². The van der Waals surface area contributed by atoms with Crippen molar-refractivity contribution in [3.8, 4) is 11.1 Å². The van der Waals surface area contributed by atoms with E-state index in [1.165, 1.54) is 12.1 Å². The van der Waals surface area contributed by atoms with Gasteiger partial charge in [-0.25, -0.2) is 9.37 Å². The lowest BCUT2D eigenvalue weighted by molar-refractivity contribution is 0.0996. The zero-order valence-corrected chi connectivity index (χ0v) is 15.2. The summed E-state index contributed by atoms with van der Waals surface area (Å²) < 4.78 is 13.3. The fourth-order valence-corrected chi connectivity index (χ4v) is 3.00. The molecule has 1 aromatic heterocycles. The molecule has 1 amide bonds. The lowest BCUT2D eigenvalue weighted by atomic mass is 9.97. The van der Waals surface area contributed by atoms with Crippen LogP contribution >= 0.6 is 0 Å². The minimum absolute atomic E-state index is 0.181. The summed E-state index contributed by atoms with van der Waals surface area (Å²) in [6, 6.07) is 13.7. The summed E-state index contributed by atoms with van der Waals surface area (Å²) in [7, 11) is 1.74. The summed E-state index contributed by atoms with van der Waals surface area (Å²) in [5.74, 6) is -0.913. The number of fused-ring (bicyclic) bond motifs is 1. The van der Waals surface area contributed by atoms with Gasteiger partial charge in [-0.3, -0.25) is 9.79 Å². The number of primary amides is 1. The van der Waals surface area contributed by atoms with Crippen molar-refractivity contribution in [1.82, 2.24) is 4.98 Å². The normalized spacial score (nSPS) is 12.0. The number of hydrogen-bond acceptors (Lipinski definition) is 3. The molecule has 1 heterocycles. The maximum atomic E-state index is 13.3. The Hall–Kier alpha value is -3.34. The first-order valence-electron chi connectivity index (χ1n) is 8.58. The van der Waals surface area contributed by atoms with Gasteiger partial charge in [0, 0.05) is 18.6 Å². The molecular formula is C22H20FN3O. The molecule has 0 aliphatic rings. The lowest BCUT2D eigenvalue weighted by Crippen LogP contribution is -2.13. The molecule has 0 fully saturated rings. The van der Waals surface area contributed by atoms with Gasteiger partial charge in [0.1, 0.15) is 11.5 Å². The Kier molecular flexibility index (Phi) is 5.41. The number of halogens is 1. The van der Waals surface area contributed by atoms with Crippen molar-refractivity contribution >= 4 is 23.0 Å². The van der Waals surface area contributed by atoms with Crippen molar-refractivity contribution in [3.63, 3.8) is 0 Å². The second kappa shape index (κ2) is 7.91. The van der Waals surface area contributed by atoms with Gasteiger partial charge < -0.3 is 5.73 Å². The van der Waals surface area contributed by atoms with E-state index in [0.717, 1.165) is 27.6 Å². The van der Waals surface area contributed by atoms with E-state index in [2.05, 4.69) is 9.98 Å². The first-order valence-corrected chi connectivity index (χ1v) is 8.58. The number of nitrogens with two attached hydrogens (primary N) is 1. The summed E-state index contributed by atoms with van der Waals surface area (Å²) in [5, 5.41) is 0.876. The van der Waals surface area contributed by atoms with Crippen molar-refractivity contribution in [3.05, 3.63) is 77.3 Å². The Balaban J connectivity index is 2.15. The molecule has 0 aliphatic carbocycles. The molecule has 0 saturated heterocycles. The summed E-state index contributed by atoms with van der Waals surface area (Å²) in [5.41, 5.74) is 10.0. The van der Waals surface area contributed by atoms with Gasteiger partial charge in [0.25, 0.3) is 5.91 Å². The summed E-state index contributed by atoms with van der Waals surface area (Å²) in [4.78, 5) is 20.2. The fraction of sp³-hybridized carbons (Fsp3) is 0.136. The molecule has 0 radical (unpaired) electrons. The Morgan fingerprint density at radius 2 is 1.93 bits per heavy atom. The van der Waals surface area contributed by atoms with Crippen LogP contribution in [0.15, 0.2) is 65.2 Å². The number of benzene rings is 2. The smallest absolute Gasteiger partial charge is 0.267 e. The van der Waals surface area contributed by atoms with E-state index in [4.69, 9.17) is 5.73 Å². The number of aromatic nitrogens is 1. The van der Waals surface area contributed by atoms with Gasteiger partial charge in [-0.15, -0.1) is 0 Å². The highest BCUT2D eigenvalue weighted by Crippen LogP contribution is 2.30. The number of allylic oxidation sites excluding steroid dienone is 2. The second-order valence-electron chi connectivity index (χ2n) is 6.21. The lowest BCUT2D eigenvalue weighted by Gasteiger charge is -2.11. The van der Waals surface area contributed by atoms with E-state index >= 15 is 0 Å². The minimum Gasteiger partial charge on any atom is -0.364 e. The largest absolute Gasteiger partial charge is 0.364 e. The first kappa shape index (κ1) is 18.5. The standard InChI is InChI=1S/C22H20FN3O/c1-3-14(13-25-2)10-15-4-9-18-19(16-5-7-17(23)8-6-16)12-21(22(24)27)26-20(18)11-15/h3-9,11-13H,10H2,1-2H3,(H2,24,27). The molecule has 5 heteroatoms. The van der Waals surface area contributed by atoms with Crippen LogP contribution in [0, 0.1) is 5.82 Å². The number of pyridine rings is 1. The third kappa shape index (κ3) is 4.08. The number of nitrogens with zero attached hydrogens (tertiary/aromatic N) is 2. The average Bonchev–Trinajstić information content (AvgIpc) is 2.67. The fourth-order valence-electron chi connectivity index (χ4n) is 3.00. The molecule has 2 aromatic carbocycles. The average molecular weight is 361 g/mol. The van der Waals surface area contributed by atoms with Crippen LogP contribution < -0.4 is 5.73 Å². The van der Waals surface area contributed by atoms with E-state index in [1.54, 1.807) is 25.2 Å². The quantitative estimate of drug-likeness (QED) is 0.687. The van der Waals surface area contributed by atoms with Gasteiger partial charge in [-0.2, -0.15) is 0 Å². The summed E-state index contributed by atoms with van der Waals surface area (Å²) in [6.07, 6.45) is 4.54. The van der Waals surface area contributed by atoms with E-state index in [-0.39, 0.29) is 11.5 Å². The van der Waals surface area contributed by atoms with Gasteiger partial charge in [0.05, 0.1) is 5.52 Å². The van der Waals surface area contributed by atoms with Gasteiger partial charge in [0.15, 0.2) is 0 Å². The highest BCUT2D eigenvalue weighted by molar-refractivity contribution is 6.01. The highest BCUT2D eigenvalue weighted by atomic mass is 19.1. The molecule has 3 aromatic rings. The predicted molar refractivity (Wildman–Crippen MR) is 108 cm³/mol. The van der Waals surface area contributed by atoms with Crippen LogP contribution in [-0.4, -0.2) is 24.2 Å². The molecule has 0 unspecified atom stereocenters. The van der Waals surface area contributed by atoms with Crippen LogP contribution in [-0.2, 0) is 6.42 Å². The van der Waals surface area contributed by atoms with Crippen molar-refractivity contribution in [2.24, 2.45) is 10.7 Å². The van der Waals surface area contributed by atoms with Crippen LogP contribution in [0.3, 0.4) is 0 Å². The molecule has 136 valence electrons. The number of amides is 1. The van der Waals surface area contributed by atoms with Crippen molar-refractivity contribution in [1.29, 1.82) is 0 Å². The predicted octanol–water partition coefficient (Wildman–Crippen LogP) is 4.33. The molecule has 0 bridgehead atoms. The minimum atomic E-state index is -0.599. The molecular weight excluding hydrogens is 341 g/mol. The molecule has 0 atom stereocenters. The number of carbonyl (C=O) groups excluding carboxylic acids is 1. The number of hydrogen-bond donors (Lipinski definition) is 1. The number of rotatable bonds is 5. The summed E-state index contributed by atoms with van der Waals surface area (Å²) >= 11 is 0. The van der Waals surface area contributed by atoms with Crippen LogP contribution in [0.4, 0.5) is 4.39 Å². The Morgan fingerprint density at radius 1 is 1.19 bits per heavy atom. The van der Waals surface area contributed by atoms with Crippen LogP contribution in [0.1, 0.15) is 23.0 Å². The number of carbonyl (C=O) groups is 1. The van der Waals surface area contributed by atoms with Crippen LogP contribution in [0.5, 0.6) is 0 Å². The maximum absolute atomic E-state index is 13.3. The molecule has 0 aliphatic heterocycles. The molecule has 4 nitrogen and oxygen atoms in total. The maximum Gasteiger partial charge on any atom is 0.267 e. The Labute approximate surface area is 157 Å². The van der Waals surface area contributed by atoms with Crippen molar-refractivity contribution in [2.45, 2.75) is 13.3 Å². The first-order chi connectivity index (χ1) is 13.0. The molecule has 0 saturated carbocycles. The van der Waals surface area contributed by atoms with Gasteiger partial charge in [-0.05, 0) is 59.9 Å². The Morgan fingerprint density at radius 3 is 2.56 bits per heavy atom. The van der Waals surface area contributed by atoms with Gasteiger partial charge in [0.2, 0.25) is 0 Å². The van der Waals surface area contributed by atoms with Crippen molar-refractivity contribution in [2.75, 3.05) is 7.05 Å². The van der Waals surface area contributed by atoms with Crippen LogP contribution in [0.2, 0.25) is 0 Å². The van der Waals surface area contributed by atoms with E-state index < -0.39 is 5.91 Å². The molecule has 27 heavy (non-hydrogen) atoms. The molecule has 2 N–H and O–H groups in total. The zero-order chi connectivity index (χ0) is 19.4. The van der Waals surface area contributed by atoms with E-state index in [9.17, 15) is 9.18 Å². The second-order valence-corrected chi connectivity index (χ2v) is 6.21. The topological polar surface area (TPSA) is 68.3 Å². The van der Waals surface area contributed by atoms with Gasteiger partial charge in [-0.1, -0.05) is 30.3 Å². The molecule has 0 spiro atoms. The SMILES string of the molecule is CC=C(C=NC)Cc1ccc2c(-c3ccc(F)cc3)cc(C(N)=O)nc2c1. The third-order valence-electron chi connectivity index (χ3n) is 4.36. The number of aliphatic imine (C=N–C) groups is 1. The Bertz CT molecular complexity index is 1050. The summed E-state index contributed by atoms with van der Waals surface area (Å²) in [6.45, 7) is 1.97. The monoisotopic (exact) mass is 361 g/mol. The van der Waals surface area contributed by atoms with Crippen LogP contribution in [0.25, 0.3) is 22.0 Å². The molecule has 3 rings (SSSR count). The zero-order valence-electron chi connectivity index (χ0n) is 15.2. The van der Waals surface area contributed by atoms with E-state index in [0.29, 0.717) is 11.9 Å². The third-order valence-corrected chi connectivity index (χ3v) is 4.36. The highest BCUT2D eigenvalue weighted by Gasteiger charge is 2.12. The van der Waals surface area contributed by atoms with Crippen molar-refractivity contribution < 1.29 is 9.18 Å².